The Labute approximate surface area is 244 Å². The Bertz CT molecular complexity index is 1500. The number of sulfonamides is 1. The summed E-state index contributed by atoms with van der Waals surface area (Å²) in [6, 6.07) is 19.0. The summed E-state index contributed by atoms with van der Waals surface area (Å²) in [6.45, 7) is 9.19. The minimum absolute atomic E-state index is 0.103. The summed E-state index contributed by atoms with van der Waals surface area (Å²) < 4.78 is 29.2. The molecule has 1 saturated carbocycles. The minimum atomic E-state index is -4.09. The van der Waals surface area contributed by atoms with Crippen LogP contribution >= 0.6 is 0 Å². The van der Waals surface area contributed by atoms with E-state index in [4.69, 9.17) is 0 Å². The van der Waals surface area contributed by atoms with Crippen molar-refractivity contribution in [2.24, 2.45) is 0 Å². The fraction of sp³-hybridized carbons (Fsp3) is 0.394. The first-order valence-electron chi connectivity index (χ1n) is 14.3. The molecule has 4 rings (SSSR count). The van der Waals surface area contributed by atoms with Crippen LogP contribution in [0.15, 0.2) is 71.6 Å². The Morgan fingerprint density at radius 1 is 0.878 bits per heavy atom. The van der Waals surface area contributed by atoms with E-state index in [0.29, 0.717) is 5.69 Å². The van der Waals surface area contributed by atoms with E-state index in [1.807, 2.05) is 58.0 Å². The third-order valence-corrected chi connectivity index (χ3v) is 9.93. The molecule has 41 heavy (non-hydrogen) atoms. The van der Waals surface area contributed by atoms with Gasteiger partial charge < -0.3 is 10.2 Å². The quantitative estimate of drug-likeness (QED) is 0.341. The number of hydrogen-bond acceptors (Lipinski definition) is 4. The number of anilines is 1. The molecule has 3 aromatic rings. The Morgan fingerprint density at radius 3 is 2.17 bits per heavy atom. The molecule has 1 aliphatic rings. The first-order valence-corrected chi connectivity index (χ1v) is 15.7. The first kappa shape index (κ1) is 30.3. The molecule has 0 aliphatic heterocycles. The second-order valence-corrected chi connectivity index (χ2v) is 13.1. The topological polar surface area (TPSA) is 86.8 Å². The summed E-state index contributed by atoms with van der Waals surface area (Å²) in [5.41, 5.74) is 5.17. The maximum Gasteiger partial charge on any atom is 0.264 e. The van der Waals surface area contributed by atoms with Crippen molar-refractivity contribution in [2.45, 2.75) is 83.8 Å². The van der Waals surface area contributed by atoms with Gasteiger partial charge in [-0.15, -0.1) is 0 Å². The first-order chi connectivity index (χ1) is 19.5. The molecule has 0 unspecified atom stereocenters. The summed E-state index contributed by atoms with van der Waals surface area (Å²) in [5.74, 6) is -0.672. The number of nitrogens with zero attached hydrogens (tertiary/aromatic N) is 2. The average molecular weight is 576 g/mol. The predicted octanol–water partition coefficient (Wildman–Crippen LogP) is 5.59. The number of rotatable bonds is 10. The van der Waals surface area contributed by atoms with Gasteiger partial charge in [0.15, 0.2) is 0 Å². The highest BCUT2D eigenvalue weighted by molar-refractivity contribution is 7.92. The van der Waals surface area contributed by atoms with Gasteiger partial charge in [0.2, 0.25) is 11.8 Å². The SMILES string of the molecule is Cc1ccc(S(=O)(=O)N(CC(=O)N(Cc2ccccc2C)[C@H](C)C(=O)NC2CCCC2)c2ccc(C)c(C)c2)cc1. The minimum Gasteiger partial charge on any atom is -0.352 e. The van der Waals surface area contributed by atoms with Crippen molar-refractivity contribution in [1.29, 1.82) is 0 Å². The molecule has 0 radical (unpaired) electrons. The van der Waals surface area contributed by atoms with E-state index in [-0.39, 0.29) is 23.4 Å². The molecule has 7 nitrogen and oxygen atoms in total. The third-order valence-electron chi connectivity index (χ3n) is 8.14. The molecule has 1 fully saturated rings. The number of carbonyl (C=O) groups excluding carboxylic acids is 2. The number of nitrogens with one attached hydrogen (secondary N) is 1. The summed E-state index contributed by atoms with van der Waals surface area (Å²) in [6.07, 6.45) is 4.01. The summed E-state index contributed by atoms with van der Waals surface area (Å²) >= 11 is 0. The smallest absolute Gasteiger partial charge is 0.264 e. The van der Waals surface area contributed by atoms with E-state index in [2.05, 4.69) is 5.32 Å². The van der Waals surface area contributed by atoms with Crippen LogP contribution in [-0.4, -0.2) is 43.8 Å². The summed E-state index contributed by atoms with van der Waals surface area (Å²) in [4.78, 5) is 29.1. The highest BCUT2D eigenvalue weighted by Gasteiger charge is 2.33. The van der Waals surface area contributed by atoms with Crippen LogP contribution in [0.25, 0.3) is 0 Å². The highest BCUT2D eigenvalue weighted by Crippen LogP contribution is 2.27. The molecule has 1 atom stereocenters. The van der Waals surface area contributed by atoms with Crippen LogP contribution in [0, 0.1) is 27.7 Å². The number of benzene rings is 3. The molecule has 0 aromatic heterocycles. The van der Waals surface area contributed by atoms with E-state index in [0.717, 1.165) is 53.5 Å². The van der Waals surface area contributed by atoms with Crippen molar-refractivity contribution >= 4 is 27.5 Å². The summed E-state index contributed by atoms with van der Waals surface area (Å²) in [7, 11) is -4.09. The van der Waals surface area contributed by atoms with E-state index in [9.17, 15) is 18.0 Å². The second kappa shape index (κ2) is 12.9. The van der Waals surface area contributed by atoms with Crippen LogP contribution in [0.3, 0.4) is 0 Å². The van der Waals surface area contributed by atoms with Crippen LogP contribution < -0.4 is 9.62 Å². The van der Waals surface area contributed by atoms with Gasteiger partial charge in [0.25, 0.3) is 10.0 Å². The van der Waals surface area contributed by atoms with Crippen LogP contribution in [-0.2, 0) is 26.2 Å². The van der Waals surface area contributed by atoms with Gasteiger partial charge in [-0.05, 0) is 94.0 Å². The van der Waals surface area contributed by atoms with Gasteiger partial charge >= 0.3 is 0 Å². The number of carbonyl (C=O) groups is 2. The highest BCUT2D eigenvalue weighted by atomic mass is 32.2. The maximum absolute atomic E-state index is 14.1. The fourth-order valence-corrected chi connectivity index (χ4v) is 6.60. The molecule has 3 aromatic carbocycles. The Morgan fingerprint density at radius 2 is 1.54 bits per heavy atom. The molecule has 0 saturated heterocycles. The van der Waals surface area contributed by atoms with Gasteiger partial charge in [-0.2, -0.15) is 0 Å². The molecule has 218 valence electrons. The zero-order valence-electron chi connectivity index (χ0n) is 24.7. The molecule has 0 spiro atoms. The van der Waals surface area contributed by atoms with Crippen molar-refractivity contribution in [3.8, 4) is 0 Å². The fourth-order valence-electron chi connectivity index (χ4n) is 5.19. The number of hydrogen-bond donors (Lipinski definition) is 1. The predicted molar refractivity (Wildman–Crippen MR) is 163 cm³/mol. The Hall–Kier alpha value is -3.65. The van der Waals surface area contributed by atoms with Crippen LogP contribution in [0.2, 0.25) is 0 Å². The van der Waals surface area contributed by atoms with Gasteiger partial charge in [-0.1, -0.05) is 60.9 Å². The van der Waals surface area contributed by atoms with Gasteiger partial charge in [-0.25, -0.2) is 8.42 Å². The van der Waals surface area contributed by atoms with Gasteiger partial charge in [0, 0.05) is 12.6 Å². The van der Waals surface area contributed by atoms with Crippen molar-refractivity contribution in [1.82, 2.24) is 10.2 Å². The lowest BCUT2D eigenvalue weighted by Gasteiger charge is -2.33. The van der Waals surface area contributed by atoms with E-state index in [1.165, 1.54) is 9.21 Å². The van der Waals surface area contributed by atoms with Gasteiger partial charge in [0.1, 0.15) is 12.6 Å². The lowest BCUT2D eigenvalue weighted by atomic mass is 10.1. The molecular formula is C33H41N3O4S. The van der Waals surface area contributed by atoms with Crippen molar-refractivity contribution in [3.05, 3.63) is 94.5 Å². The van der Waals surface area contributed by atoms with Gasteiger partial charge in [-0.3, -0.25) is 13.9 Å². The van der Waals surface area contributed by atoms with Crippen LogP contribution in [0.1, 0.15) is 60.4 Å². The van der Waals surface area contributed by atoms with Crippen molar-refractivity contribution in [2.75, 3.05) is 10.8 Å². The number of amides is 2. The van der Waals surface area contributed by atoms with Gasteiger partial charge in [0.05, 0.1) is 10.6 Å². The Kier molecular flexibility index (Phi) is 9.53. The van der Waals surface area contributed by atoms with Crippen LogP contribution in [0.5, 0.6) is 0 Å². The molecular weight excluding hydrogens is 534 g/mol. The normalized spacial score (nSPS) is 14.5. The zero-order chi connectivity index (χ0) is 29.7. The second-order valence-electron chi connectivity index (χ2n) is 11.2. The molecule has 0 heterocycles. The van der Waals surface area contributed by atoms with Crippen molar-refractivity contribution in [3.63, 3.8) is 0 Å². The lowest BCUT2D eigenvalue weighted by molar-refractivity contribution is -0.139. The Balaban J connectivity index is 1.71. The van der Waals surface area contributed by atoms with E-state index < -0.39 is 28.5 Å². The van der Waals surface area contributed by atoms with E-state index >= 15 is 0 Å². The molecule has 2 amide bonds. The lowest BCUT2D eigenvalue weighted by Crippen LogP contribution is -2.52. The van der Waals surface area contributed by atoms with E-state index in [1.54, 1.807) is 43.3 Å². The average Bonchev–Trinajstić information content (AvgIpc) is 3.45. The molecule has 8 heteroatoms. The molecule has 1 N–H and O–H groups in total. The summed E-state index contributed by atoms with van der Waals surface area (Å²) in [5, 5.41) is 3.11. The molecule has 1 aliphatic carbocycles. The zero-order valence-corrected chi connectivity index (χ0v) is 25.5. The monoisotopic (exact) mass is 575 g/mol. The standard InChI is InChI=1S/C33H41N3O4S/c1-23-14-18-31(19-15-23)41(39,40)36(30-17-16-24(2)26(4)20-30)22-32(37)35(21-28-11-7-6-10-25(28)3)27(5)33(38)34-29-12-8-9-13-29/h6-7,10-11,14-20,27,29H,8-9,12-13,21-22H2,1-5H3,(H,34,38)/t27-/m1/s1. The van der Waals surface area contributed by atoms with Crippen LogP contribution in [0.4, 0.5) is 5.69 Å². The molecule has 0 bridgehead atoms. The number of aryl methyl sites for hydroxylation is 4. The maximum atomic E-state index is 14.1. The largest absolute Gasteiger partial charge is 0.352 e. The third kappa shape index (κ3) is 7.17. The van der Waals surface area contributed by atoms with Crippen molar-refractivity contribution < 1.29 is 18.0 Å².